The van der Waals surface area contributed by atoms with Crippen molar-refractivity contribution in [1.29, 1.82) is 0 Å². The van der Waals surface area contributed by atoms with Gasteiger partial charge >= 0.3 is 0 Å². The van der Waals surface area contributed by atoms with E-state index in [4.69, 9.17) is 0 Å². The van der Waals surface area contributed by atoms with Crippen molar-refractivity contribution in [2.75, 3.05) is 5.75 Å². The van der Waals surface area contributed by atoms with E-state index in [1.807, 2.05) is 20.8 Å². The van der Waals surface area contributed by atoms with E-state index in [1.54, 1.807) is 6.92 Å². The molecule has 0 aromatic carbocycles. The van der Waals surface area contributed by atoms with Crippen LogP contribution in [0.25, 0.3) is 0 Å². The summed E-state index contributed by atoms with van der Waals surface area (Å²) in [4.78, 5) is 0. The minimum absolute atomic E-state index is 0.0206. The molecule has 0 saturated heterocycles. The quantitative estimate of drug-likeness (QED) is 0.785. The van der Waals surface area contributed by atoms with Crippen molar-refractivity contribution >= 4 is 32.9 Å². The summed E-state index contributed by atoms with van der Waals surface area (Å²) in [5, 5.41) is 7.57. The Labute approximate surface area is 98.4 Å². The van der Waals surface area contributed by atoms with Gasteiger partial charge in [-0.05, 0) is 0 Å². The molecule has 0 atom stereocenters. The van der Waals surface area contributed by atoms with Crippen LogP contribution in [0.3, 0.4) is 0 Å². The molecule has 0 aliphatic rings. The van der Waals surface area contributed by atoms with Crippen LogP contribution >= 0.6 is 23.1 Å². The zero-order valence-corrected chi connectivity index (χ0v) is 11.6. The Morgan fingerprint density at radius 2 is 1.93 bits per heavy atom. The Morgan fingerprint density at radius 3 is 2.40 bits per heavy atom. The second kappa shape index (κ2) is 4.39. The minimum Gasteiger partial charge on any atom is -0.221 e. The van der Waals surface area contributed by atoms with Crippen LogP contribution < -0.4 is 0 Å². The molecule has 1 aromatic rings. The van der Waals surface area contributed by atoms with Gasteiger partial charge in [0.2, 0.25) is 14.2 Å². The number of rotatable bonds is 3. The molecule has 0 bridgehead atoms. The van der Waals surface area contributed by atoms with Crippen LogP contribution in [-0.2, 0) is 9.84 Å². The maximum atomic E-state index is 11.5. The standard InChI is InChI=1S/C8H14N2O2S3/c1-5-15(11,12)7-10-9-6(13-7)14-8(2,3)4/h5H2,1-4H3. The summed E-state index contributed by atoms with van der Waals surface area (Å²) in [6.07, 6.45) is 0. The second-order valence-corrected chi connectivity index (χ2v) is 9.46. The Balaban J connectivity index is 2.91. The van der Waals surface area contributed by atoms with Crippen LogP contribution in [0.15, 0.2) is 8.68 Å². The summed E-state index contributed by atoms with van der Waals surface area (Å²) in [6.45, 7) is 7.75. The first-order valence-electron chi connectivity index (χ1n) is 4.50. The van der Waals surface area contributed by atoms with Gasteiger partial charge in [-0.25, -0.2) is 8.42 Å². The lowest BCUT2D eigenvalue weighted by Gasteiger charge is -2.13. The predicted octanol–water partition coefficient (Wildman–Crippen LogP) is 2.22. The average Bonchev–Trinajstić information content (AvgIpc) is 2.50. The van der Waals surface area contributed by atoms with E-state index >= 15 is 0 Å². The van der Waals surface area contributed by atoms with Gasteiger partial charge in [0.1, 0.15) is 0 Å². The van der Waals surface area contributed by atoms with Crippen LogP contribution in [0.1, 0.15) is 27.7 Å². The fourth-order valence-electron chi connectivity index (χ4n) is 0.750. The first kappa shape index (κ1) is 12.9. The van der Waals surface area contributed by atoms with Gasteiger partial charge in [-0.3, -0.25) is 0 Å². The summed E-state index contributed by atoms with van der Waals surface area (Å²) >= 11 is 2.67. The van der Waals surface area contributed by atoms with E-state index in [0.717, 1.165) is 11.3 Å². The number of hydrogen-bond donors (Lipinski definition) is 0. The normalized spacial score (nSPS) is 13.1. The summed E-state index contributed by atoms with van der Waals surface area (Å²) in [6, 6.07) is 0. The van der Waals surface area contributed by atoms with Crippen LogP contribution in [0.4, 0.5) is 0 Å². The van der Waals surface area contributed by atoms with Gasteiger partial charge in [0.15, 0.2) is 4.34 Å². The average molecular weight is 266 g/mol. The highest BCUT2D eigenvalue weighted by Gasteiger charge is 2.21. The zero-order valence-electron chi connectivity index (χ0n) is 9.14. The molecule has 7 heteroatoms. The molecule has 0 spiro atoms. The number of hydrogen-bond acceptors (Lipinski definition) is 6. The maximum Gasteiger partial charge on any atom is 0.233 e. The molecule has 1 aromatic heterocycles. The monoisotopic (exact) mass is 266 g/mol. The highest BCUT2D eigenvalue weighted by Crippen LogP contribution is 2.34. The first-order valence-corrected chi connectivity index (χ1v) is 7.78. The van der Waals surface area contributed by atoms with Gasteiger partial charge in [-0.15, -0.1) is 10.2 Å². The second-order valence-electron chi connectivity index (χ2n) is 3.95. The largest absolute Gasteiger partial charge is 0.233 e. The molecule has 1 rings (SSSR count). The molecule has 0 aliphatic carbocycles. The lowest BCUT2D eigenvalue weighted by Crippen LogP contribution is -2.06. The molecule has 0 amide bonds. The number of aromatic nitrogens is 2. The van der Waals surface area contributed by atoms with Crippen molar-refractivity contribution < 1.29 is 8.42 Å². The van der Waals surface area contributed by atoms with E-state index in [1.165, 1.54) is 11.8 Å². The Kier molecular flexibility index (Phi) is 3.78. The van der Waals surface area contributed by atoms with E-state index in [9.17, 15) is 8.42 Å². The third-order valence-corrected chi connectivity index (χ3v) is 5.69. The van der Waals surface area contributed by atoms with E-state index in [0.29, 0.717) is 4.34 Å². The van der Waals surface area contributed by atoms with Gasteiger partial charge < -0.3 is 0 Å². The summed E-state index contributed by atoms with van der Waals surface area (Å²) in [5.74, 6) is 0.0712. The Bertz CT molecular complexity index is 431. The molecule has 86 valence electrons. The Hall–Kier alpha value is -0.140. The smallest absolute Gasteiger partial charge is 0.221 e. The van der Waals surface area contributed by atoms with Crippen LogP contribution in [-0.4, -0.2) is 29.1 Å². The molecule has 0 unspecified atom stereocenters. The highest BCUT2D eigenvalue weighted by molar-refractivity contribution is 8.02. The van der Waals surface area contributed by atoms with Gasteiger partial charge in [-0.1, -0.05) is 50.8 Å². The predicted molar refractivity (Wildman–Crippen MR) is 63.2 cm³/mol. The summed E-state index contributed by atoms with van der Waals surface area (Å²) < 4.78 is 23.8. The molecule has 0 radical (unpaired) electrons. The lowest BCUT2D eigenvalue weighted by molar-refractivity contribution is 0.595. The third-order valence-electron chi connectivity index (χ3n) is 1.43. The van der Waals surface area contributed by atoms with Gasteiger partial charge in [0.05, 0.1) is 5.75 Å². The van der Waals surface area contributed by atoms with Crippen LogP contribution in [0.5, 0.6) is 0 Å². The number of nitrogens with zero attached hydrogens (tertiary/aromatic N) is 2. The fourth-order valence-corrected chi connectivity index (χ4v) is 4.49. The SMILES string of the molecule is CCS(=O)(=O)c1nnc(SC(C)(C)C)s1. The van der Waals surface area contributed by atoms with Crippen LogP contribution in [0, 0.1) is 0 Å². The molecule has 0 saturated carbocycles. The molecule has 4 nitrogen and oxygen atoms in total. The van der Waals surface area contributed by atoms with Crippen molar-refractivity contribution in [2.45, 2.75) is 41.1 Å². The van der Waals surface area contributed by atoms with E-state index < -0.39 is 9.84 Å². The van der Waals surface area contributed by atoms with Crippen molar-refractivity contribution in [3.63, 3.8) is 0 Å². The molecule has 1 heterocycles. The lowest BCUT2D eigenvalue weighted by atomic mass is 10.3. The van der Waals surface area contributed by atoms with Gasteiger partial charge in [-0.2, -0.15) is 0 Å². The molecule has 0 N–H and O–H groups in total. The number of thioether (sulfide) groups is 1. The van der Waals surface area contributed by atoms with Crippen molar-refractivity contribution in [3.05, 3.63) is 0 Å². The van der Waals surface area contributed by atoms with Crippen molar-refractivity contribution in [2.24, 2.45) is 0 Å². The molecule has 0 aliphatic heterocycles. The first-order chi connectivity index (χ1) is 6.74. The summed E-state index contributed by atoms with van der Waals surface area (Å²) in [7, 11) is -3.20. The number of sulfone groups is 1. The highest BCUT2D eigenvalue weighted by atomic mass is 32.2. The Morgan fingerprint density at radius 1 is 1.33 bits per heavy atom. The maximum absolute atomic E-state index is 11.5. The van der Waals surface area contributed by atoms with Crippen molar-refractivity contribution in [1.82, 2.24) is 10.2 Å². The zero-order chi connectivity index (χ0) is 11.7. The van der Waals surface area contributed by atoms with Crippen LogP contribution in [0.2, 0.25) is 0 Å². The topological polar surface area (TPSA) is 59.9 Å². The van der Waals surface area contributed by atoms with E-state index in [-0.39, 0.29) is 14.8 Å². The minimum atomic E-state index is -3.20. The molecule has 0 fully saturated rings. The van der Waals surface area contributed by atoms with Gasteiger partial charge in [0, 0.05) is 4.75 Å². The molecular weight excluding hydrogens is 252 g/mol. The summed E-state index contributed by atoms with van der Waals surface area (Å²) in [5.41, 5.74) is 0. The fraction of sp³-hybridized carbons (Fsp3) is 0.750. The molecular formula is C8H14N2O2S3. The van der Waals surface area contributed by atoms with E-state index in [2.05, 4.69) is 10.2 Å². The molecule has 15 heavy (non-hydrogen) atoms. The van der Waals surface area contributed by atoms with Crippen molar-refractivity contribution in [3.8, 4) is 0 Å². The third kappa shape index (κ3) is 3.73. The van der Waals surface area contributed by atoms with Gasteiger partial charge in [0.25, 0.3) is 0 Å².